The van der Waals surface area contributed by atoms with Crippen LogP contribution in [-0.4, -0.2) is 6.04 Å². The van der Waals surface area contributed by atoms with Crippen LogP contribution in [0.5, 0.6) is 0 Å². The summed E-state index contributed by atoms with van der Waals surface area (Å²) in [5, 5.41) is 3.40. The van der Waals surface area contributed by atoms with Crippen molar-refractivity contribution in [2.24, 2.45) is 11.8 Å². The van der Waals surface area contributed by atoms with Crippen LogP contribution in [0.1, 0.15) is 45.1 Å². The van der Waals surface area contributed by atoms with E-state index in [1.165, 1.54) is 19.3 Å². The smallest absolute Gasteiger partial charge is 0.146 e. The number of halogens is 1. The lowest BCUT2D eigenvalue weighted by atomic mass is 9.79. The zero-order chi connectivity index (χ0) is 13.1. The van der Waals surface area contributed by atoms with Crippen molar-refractivity contribution in [2.75, 3.05) is 5.32 Å². The van der Waals surface area contributed by atoms with Crippen LogP contribution in [0.2, 0.25) is 0 Å². The molecule has 0 bridgehead atoms. The maximum Gasteiger partial charge on any atom is 0.146 e. The van der Waals surface area contributed by atoms with Gasteiger partial charge in [0.05, 0.1) is 5.69 Å². The summed E-state index contributed by atoms with van der Waals surface area (Å²) in [5.74, 6) is 1.38. The standard InChI is InChI=1S/C16H24FN/c1-11(2)13-5-4-6-14(10-13)18-16-9-12(3)7-8-15(16)17/h7-9,11,13-14,18H,4-6,10H2,1-3H3. The van der Waals surface area contributed by atoms with E-state index in [1.54, 1.807) is 6.07 Å². The van der Waals surface area contributed by atoms with Crippen molar-refractivity contribution in [3.05, 3.63) is 29.6 Å². The van der Waals surface area contributed by atoms with Gasteiger partial charge >= 0.3 is 0 Å². The Bertz CT molecular complexity index is 400. The second-order valence-electron chi connectivity index (χ2n) is 6.00. The molecule has 0 spiro atoms. The van der Waals surface area contributed by atoms with Crippen LogP contribution >= 0.6 is 0 Å². The van der Waals surface area contributed by atoms with Crippen molar-refractivity contribution >= 4 is 5.69 Å². The van der Waals surface area contributed by atoms with Crippen LogP contribution in [0.4, 0.5) is 10.1 Å². The number of nitrogens with one attached hydrogen (secondary N) is 1. The molecule has 1 nitrogen and oxygen atoms in total. The minimum atomic E-state index is -0.132. The van der Waals surface area contributed by atoms with Gasteiger partial charge in [-0.2, -0.15) is 0 Å². The van der Waals surface area contributed by atoms with E-state index < -0.39 is 0 Å². The lowest BCUT2D eigenvalue weighted by molar-refractivity contribution is 0.264. The summed E-state index contributed by atoms with van der Waals surface area (Å²) in [6.07, 6.45) is 4.92. The van der Waals surface area contributed by atoms with Gasteiger partial charge in [0, 0.05) is 6.04 Å². The molecular formula is C16H24FN. The normalized spacial score (nSPS) is 24.3. The fourth-order valence-corrected chi connectivity index (χ4v) is 2.93. The molecule has 1 aliphatic rings. The Hall–Kier alpha value is -1.05. The number of rotatable bonds is 3. The van der Waals surface area contributed by atoms with E-state index in [9.17, 15) is 4.39 Å². The molecule has 1 aliphatic carbocycles. The van der Waals surface area contributed by atoms with Crippen LogP contribution in [0, 0.1) is 24.6 Å². The van der Waals surface area contributed by atoms with E-state index in [-0.39, 0.29) is 5.82 Å². The molecule has 0 heterocycles. The van der Waals surface area contributed by atoms with Crippen molar-refractivity contribution in [1.82, 2.24) is 0 Å². The Morgan fingerprint density at radius 2 is 2.06 bits per heavy atom. The molecule has 1 aromatic carbocycles. The number of benzene rings is 1. The minimum Gasteiger partial charge on any atom is -0.380 e. The number of hydrogen-bond donors (Lipinski definition) is 1. The van der Waals surface area contributed by atoms with E-state index in [1.807, 2.05) is 19.1 Å². The van der Waals surface area contributed by atoms with Gasteiger partial charge in [0.15, 0.2) is 0 Å². The van der Waals surface area contributed by atoms with Crippen molar-refractivity contribution in [2.45, 2.75) is 52.5 Å². The molecule has 2 atom stereocenters. The fraction of sp³-hybridized carbons (Fsp3) is 0.625. The third kappa shape index (κ3) is 3.24. The number of anilines is 1. The molecule has 0 saturated heterocycles. The van der Waals surface area contributed by atoms with Crippen LogP contribution in [-0.2, 0) is 0 Å². The summed E-state index contributed by atoms with van der Waals surface area (Å²) < 4.78 is 13.7. The Morgan fingerprint density at radius 3 is 2.78 bits per heavy atom. The zero-order valence-corrected chi connectivity index (χ0v) is 11.7. The van der Waals surface area contributed by atoms with E-state index in [4.69, 9.17) is 0 Å². The molecule has 2 heteroatoms. The molecule has 2 unspecified atom stereocenters. The van der Waals surface area contributed by atoms with Crippen molar-refractivity contribution in [1.29, 1.82) is 0 Å². The Morgan fingerprint density at radius 1 is 1.28 bits per heavy atom. The summed E-state index contributed by atoms with van der Waals surface area (Å²) in [4.78, 5) is 0. The SMILES string of the molecule is Cc1ccc(F)c(NC2CCCC(C(C)C)C2)c1. The van der Waals surface area contributed by atoms with Gasteiger partial charge in [0.1, 0.15) is 5.82 Å². The van der Waals surface area contributed by atoms with Crippen molar-refractivity contribution < 1.29 is 4.39 Å². The molecule has 1 fully saturated rings. The molecule has 0 aromatic heterocycles. The summed E-state index contributed by atoms with van der Waals surface area (Å²) in [6.45, 7) is 6.59. The van der Waals surface area contributed by atoms with Crippen LogP contribution < -0.4 is 5.32 Å². The van der Waals surface area contributed by atoms with Gasteiger partial charge in [-0.15, -0.1) is 0 Å². The maximum atomic E-state index is 13.7. The van der Waals surface area contributed by atoms with Gasteiger partial charge in [0.2, 0.25) is 0 Å². The first-order valence-corrected chi connectivity index (χ1v) is 7.09. The summed E-state index contributed by atoms with van der Waals surface area (Å²) in [7, 11) is 0. The average molecular weight is 249 g/mol. The second kappa shape index (κ2) is 5.73. The Labute approximate surface area is 110 Å². The highest BCUT2D eigenvalue weighted by Crippen LogP contribution is 2.32. The topological polar surface area (TPSA) is 12.0 Å². The van der Waals surface area contributed by atoms with E-state index in [0.717, 1.165) is 23.8 Å². The predicted molar refractivity (Wildman–Crippen MR) is 75.3 cm³/mol. The average Bonchev–Trinajstić information content (AvgIpc) is 2.34. The largest absolute Gasteiger partial charge is 0.380 e. The predicted octanol–water partition coefficient (Wildman–Crippen LogP) is 4.76. The Balaban J connectivity index is 2.02. The van der Waals surface area contributed by atoms with Crippen molar-refractivity contribution in [3.63, 3.8) is 0 Å². The molecule has 0 radical (unpaired) electrons. The summed E-state index contributed by atoms with van der Waals surface area (Å²) >= 11 is 0. The van der Waals surface area contributed by atoms with Gasteiger partial charge in [-0.1, -0.05) is 32.8 Å². The third-order valence-electron chi connectivity index (χ3n) is 4.14. The highest BCUT2D eigenvalue weighted by Gasteiger charge is 2.24. The Kier molecular flexibility index (Phi) is 4.26. The molecule has 18 heavy (non-hydrogen) atoms. The van der Waals surface area contributed by atoms with E-state index in [2.05, 4.69) is 19.2 Å². The van der Waals surface area contributed by atoms with Crippen LogP contribution in [0.3, 0.4) is 0 Å². The number of hydrogen-bond acceptors (Lipinski definition) is 1. The maximum absolute atomic E-state index is 13.7. The molecule has 0 aliphatic heterocycles. The molecule has 1 N–H and O–H groups in total. The zero-order valence-electron chi connectivity index (χ0n) is 11.7. The lowest BCUT2D eigenvalue weighted by Gasteiger charge is -2.32. The second-order valence-corrected chi connectivity index (χ2v) is 6.00. The molecule has 100 valence electrons. The molecule has 1 aromatic rings. The molecule has 0 amide bonds. The summed E-state index contributed by atoms with van der Waals surface area (Å²) in [6, 6.07) is 5.72. The van der Waals surface area contributed by atoms with E-state index >= 15 is 0 Å². The summed E-state index contributed by atoms with van der Waals surface area (Å²) in [5.41, 5.74) is 1.78. The van der Waals surface area contributed by atoms with E-state index in [0.29, 0.717) is 11.7 Å². The molecule has 2 rings (SSSR count). The first-order valence-electron chi connectivity index (χ1n) is 7.09. The fourth-order valence-electron chi connectivity index (χ4n) is 2.93. The first-order chi connectivity index (χ1) is 8.56. The quantitative estimate of drug-likeness (QED) is 0.814. The lowest BCUT2D eigenvalue weighted by Crippen LogP contribution is -2.29. The van der Waals surface area contributed by atoms with Gasteiger partial charge in [-0.05, 0) is 49.3 Å². The number of aryl methyl sites for hydroxylation is 1. The van der Waals surface area contributed by atoms with Crippen LogP contribution in [0.25, 0.3) is 0 Å². The highest BCUT2D eigenvalue weighted by molar-refractivity contribution is 5.47. The van der Waals surface area contributed by atoms with Gasteiger partial charge in [-0.3, -0.25) is 0 Å². The molecule has 1 saturated carbocycles. The minimum absolute atomic E-state index is 0.132. The van der Waals surface area contributed by atoms with Gasteiger partial charge in [0.25, 0.3) is 0 Å². The van der Waals surface area contributed by atoms with Gasteiger partial charge in [-0.25, -0.2) is 4.39 Å². The van der Waals surface area contributed by atoms with Crippen molar-refractivity contribution in [3.8, 4) is 0 Å². The van der Waals surface area contributed by atoms with Crippen LogP contribution in [0.15, 0.2) is 18.2 Å². The van der Waals surface area contributed by atoms with Gasteiger partial charge < -0.3 is 5.32 Å². The first kappa shape index (κ1) is 13.4. The third-order valence-corrected chi connectivity index (χ3v) is 4.14. The molecular weight excluding hydrogens is 225 g/mol. The highest BCUT2D eigenvalue weighted by atomic mass is 19.1. The monoisotopic (exact) mass is 249 g/mol.